The lowest BCUT2D eigenvalue weighted by atomic mass is 10.1. The summed E-state index contributed by atoms with van der Waals surface area (Å²) in [4.78, 5) is 39.8. The van der Waals surface area contributed by atoms with Crippen LogP contribution in [0.1, 0.15) is 43.8 Å². The molecule has 0 spiro atoms. The lowest BCUT2D eigenvalue weighted by Crippen LogP contribution is -2.31. The molecule has 1 aliphatic heterocycles. The average molecular weight is 628 g/mol. The third kappa shape index (κ3) is 7.15. The number of benzene rings is 5. The van der Waals surface area contributed by atoms with Crippen LogP contribution in [0.5, 0.6) is 17.2 Å². The maximum Gasteiger partial charge on any atom is 0.274 e. The van der Waals surface area contributed by atoms with Crippen molar-refractivity contribution in [2.45, 2.75) is 26.4 Å². The Hall–Kier alpha value is -5.96. The van der Waals surface area contributed by atoms with E-state index in [4.69, 9.17) is 9.47 Å². The first kappa shape index (κ1) is 31.0. The largest absolute Gasteiger partial charge is 0.493 e. The highest BCUT2D eigenvalue weighted by Gasteiger charge is 2.34. The molecule has 0 saturated heterocycles. The summed E-state index contributed by atoms with van der Waals surface area (Å²) in [6.07, 6.45) is 0.495. The number of nitro benzene ring substituents is 1. The number of hydrogen-bond donors (Lipinski definition) is 0. The van der Waals surface area contributed by atoms with Crippen LogP contribution in [0.2, 0.25) is 0 Å². The van der Waals surface area contributed by atoms with Gasteiger partial charge in [-0.1, -0.05) is 66.7 Å². The molecule has 47 heavy (non-hydrogen) atoms. The van der Waals surface area contributed by atoms with Gasteiger partial charge in [-0.25, -0.2) is 0 Å². The molecule has 9 nitrogen and oxygen atoms in total. The Labute approximate surface area is 272 Å². The van der Waals surface area contributed by atoms with Crippen molar-refractivity contribution in [2.75, 3.05) is 18.1 Å². The Kier molecular flexibility index (Phi) is 9.24. The van der Waals surface area contributed by atoms with Crippen LogP contribution in [0.4, 0.5) is 11.4 Å². The number of carbonyl (C=O) groups excluding carboxylic acids is 2. The number of ether oxygens (including phenoxy) is 2. The van der Waals surface area contributed by atoms with E-state index in [9.17, 15) is 19.7 Å². The van der Waals surface area contributed by atoms with E-state index in [0.29, 0.717) is 60.1 Å². The molecule has 0 N–H and O–H groups in total. The van der Waals surface area contributed by atoms with Crippen LogP contribution in [0.15, 0.2) is 121 Å². The number of imide groups is 1. The molecule has 0 bridgehead atoms. The minimum Gasteiger partial charge on any atom is -0.493 e. The van der Waals surface area contributed by atoms with E-state index in [1.165, 1.54) is 11.0 Å². The maximum atomic E-state index is 12.6. The summed E-state index contributed by atoms with van der Waals surface area (Å²) < 4.78 is 12.0. The number of amides is 2. The minimum absolute atomic E-state index is 0.0956. The van der Waals surface area contributed by atoms with Gasteiger partial charge in [-0.05, 0) is 66.9 Å². The molecule has 236 valence electrons. The Bertz CT molecular complexity index is 1870. The summed E-state index contributed by atoms with van der Waals surface area (Å²) in [6.45, 7) is 3.52. The van der Waals surface area contributed by atoms with Gasteiger partial charge in [0.2, 0.25) is 0 Å². The van der Waals surface area contributed by atoms with E-state index in [1.807, 2.05) is 78.9 Å². The van der Waals surface area contributed by atoms with Crippen molar-refractivity contribution in [3.8, 4) is 17.2 Å². The van der Waals surface area contributed by atoms with Crippen LogP contribution < -0.4 is 14.4 Å². The van der Waals surface area contributed by atoms with Gasteiger partial charge < -0.3 is 14.4 Å². The van der Waals surface area contributed by atoms with E-state index >= 15 is 0 Å². The van der Waals surface area contributed by atoms with Crippen LogP contribution in [-0.4, -0.2) is 34.8 Å². The standard InChI is InChI=1S/C38H33N3O6/c1-27-35(16-8-17-36(27)41(44)45)39(25-28-10-3-2-4-11-28)26-29-18-20-30(21-19-29)47-32-13-7-12-31(24-32)46-23-9-22-40-37(42)33-14-5-6-15-34(33)38(40)43/h2-8,10-21,24H,9,22-23,25-26H2,1H3. The van der Waals surface area contributed by atoms with Crippen molar-refractivity contribution < 1.29 is 24.0 Å². The van der Waals surface area contributed by atoms with Crippen LogP contribution in [0.3, 0.4) is 0 Å². The lowest BCUT2D eigenvalue weighted by Gasteiger charge is -2.27. The van der Waals surface area contributed by atoms with Gasteiger partial charge in [-0.2, -0.15) is 0 Å². The third-order valence-corrected chi connectivity index (χ3v) is 8.04. The summed E-state index contributed by atoms with van der Waals surface area (Å²) in [6, 6.07) is 37.1. The lowest BCUT2D eigenvalue weighted by molar-refractivity contribution is -0.385. The Morgan fingerprint density at radius 2 is 1.32 bits per heavy atom. The molecular weight excluding hydrogens is 594 g/mol. The number of fused-ring (bicyclic) bond motifs is 1. The summed E-state index contributed by atoms with van der Waals surface area (Å²) in [5.41, 5.74) is 4.54. The molecule has 1 heterocycles. The molecule has 0 radical (unpaired) electrons. The first-order chi connectivity index (χ1) is 22.9. The predicted octanol–water partition coefficient (Wildman–Crippen LogP) is 7.97. The van der Waals surface area contributed by atoms with Gasteiger partial charge in [0.05, 0.1) is 28.2 Å². The predicted molar refractivity (Wildman–Crippen MR) is 179 cm³/mol. The highest BCUT2D eigenvalue weighted by molar-refractivity contribution is 6.21. The molecule has 1 aliphatic rings. The van der Waals surface area contributed by atoms with E-state index in [0.717, 1.165) is 16.8 Å². The molecule has 2 amide bonds. The zero-order valence-corrected chi connectivity index (χ0v) is 25.9. The molecule has 6 rings (SSSR count). The second-order valence-corrected chi connectivity index (χ2v) is 11.3. The number of anilines is 1. The highest BCUT2D eigenvalue weighted by atomic mass is 16.6. The van der Waals surface area contributed by atoms with Gasteiger partial charge in [0.15, 0.2) is 0 Å². The molecule has 0 atom stereocenters. The van der Waals surface area contributed by atoms with Crippen molar-refractivity contribution >= 4 is 23.2 Å². The Morgan fingerprint density at radius 1 is 0.702 bits per heavy atom. The Morgan fingerprint density at radius 3 is 2.00 bits per heavy atom. The number of nitrogens with zero attached hydrogens (tertiary/aromatic N) is 3. The smallest absolute Gasteiger partial charge is 0.274 e. The molecular formula is C38H33N3O6. The molecule has 0 saturated carbocycles. The van der Waals surface area contributed by atoms with Crippen molar-refractivity contribution in [3.05, 3.63) is 159 Å². The minimum atomic E-state index is -0.343. The molecule has 9 heteroatoms. The molecule has 5 aromatic carbocycles. The molecule has 0 unspecified atom stereocenters. The normalized spacial score (nSPS) is 12.1. The summed E-state index contributed by atoms with van der Waals surface area (Å²) in [5, 5.41) is 11.6. The molecule has 0 aromatic heterocycles. The molecule has 5 aromatic rings. The monoisotopic (exact) mass is 627 g/mol. The van der Waals surface area contributed by atoms with E-state index in [2.05, 4.69) is 4.90 Å². The maximum absolute atomic E-state index is 12.6. The Balaban J connectivity index is 1.07. The zero-order chi connectivity index (χ0) is 32.8. The highest BCUT2D eigenvalue weighted by Crippen LogP contribution is 2.32. The fourth-order valence-corrected chi connectivity index (χ4v) is 5.68. The van der Waals surface area contributed by atoms with E-state index in [-0.39, 0.29) is 29.0 Å². The van der Waals surface area contributed by atoms with Gasteiger partial charge in [0, 0.05) is 37.5 Å². The summed E-state index contributed by atoms with van der Waals surface area (Å²) >= 11 is 0. The van der Waals surface area contributed by atoms with Crippen LogP contribution >= 0.6 is 0 Å². The van der Waals surface area contributed by atoms with Crippen molar-refractivity contribution in [1.82, 2.24) is 4.90 Å². The number of nitro groups is 1. The molecule has 0 fully saturated rings. The van der Waals surface area contributed by atoms with Gasteiger partial charge in [0.25, 0.3) is 17.5 Å². The van der Waals surface area contributed by atoms with Crippen molar-refractivity contribution in [1.29, 1.82) is 0 Å². The van der Waals surface area contributed by atoms with Crippen molar-refractivity contribution in [3.63, 3.8) is 0 Å². The number of rotatable bonds is 13. The number of hydrogen-bond acceptors (Lipinski definition) is 7. The van der Waals surface area contributed by atoms with E-state index < -0.39 is 0 Å². The van der Waals surface area contributed by atoms with Crippen LogP contribution in [-0.2, 0) is 13.1 Å². The van der Waals surface area contributed by atoms with Crippen molar-refractivity contribution in [2.24, 2.45) is 0 Å². The summed E-state index contributed by atoms with van der Waals surface area (Å²) in [7, 11) is 0. The number of carbonyl (C=O) groups is 2. The quantitative estimate of drug-likeness (QED) is 0.0565. The van der Waals surface area contributed by atoms with Gasteiger partial charge in [-0.3, -0.25) is 24.6 Å². The van der Waals surface area contributed by atoms with E-state index in [1.54, 1.807) is 43.3 Å². The SMILES string of the molecule is Cc1c(N(Cc2ccccc2)Cc2ccc(Oc3cccc(OCCCN4C(=O)c5ccccc5C4=O)c3)cc2)cccc1[N+](=O)[O-]. The second kappa shape index (κ2) is 14.0. The third-order valence-electron chi connectivity index (χ3n) is 8.04. The summed E-state index contributed by atoms with van der Waals surface area (Å²) in [5.74, 6) is 1.33. The van der Waals surface area contributed by atoms with Gasteiger partial charge in [-0.15, -0.1) is 0 Å². The second-order valence-electron chi connectivity index (χ2n) is 11.3. The molecule has 0 aliphatic carbocycles. The van der Waals surface area contributed by atoms with Gasteiger partial charge >= 0.3 is 0 Å². The topological polar surface area (TPSA) is 102 Å². The first-order valence-corrected chi connectivity index (χ1v) is 15.3. The average Bonchev–Trinajstić information content (AvgIpc) is 3.32. The van der Waals surface area contributed by atoms with Crippen LogP contribution in [0, 0.1) is 17.0 Å². The first-order valence-electron chi connectivity index (χ1n) is 15.3. The van der Waals surface area contributed by atoms with Crippen LogP contribution in [0.25, 0.3) is 0 Å². The van der Waals surface area contributed by atoms with Gasteiger partial charge in [0.1, 0.15) is 17.2 Å². The fraction of sp³-hybridized carbons (Fsp3) is 0.158. The zero-order valence-electron chi connectivity index (χ0n) is 25.9. The fourth-order valence-electron chi connectivity index (χ4n) is 5.68.